The molecule has 0 aliphatic carbocycles. The van der Waals surface area contributed by atoms with Crippen molar-refractivity contribution >= 4 is 0 Å². The van der Waals surface area contributed by atoms with E-state index in [1.165, 1.54) is 0 Å². The quantitative estimate of drug-likeness (QED) is 0.404. The van der Waals surface area contributed by atoms with E-state index >= 15 is 0 Å². The highest BCUT2D eigenvalue weighted by Gasteiger charge is 2.08. The highest BCUT2D eigenvalue weighted by molar-refractivity contribution is 5.09. The molecule has 7 nitrogen and oxygen atoms in total. The Labute approximate surface area is 79.6 Å². The Kier molecular flexibility index (Phi) is 3.82. The van der Waals surface area contributed by atoms with Crippen LogP contribution in [0.25, 0.3) is 20.9 Å². The first-order valence-corrected chi connectivity index (χ1v) is 3.84. The highest BCUT2D eigenvalue weighted by Crippen LogP contribution is 2.14. The first-order valence-electron chi connectivity index (χ1n) is 3.84. The van der Waals surface area contributed by atoms with Gasteiger partial charge in [-0.25, -0.2) is 0 Å². The molecule has 0 spiro atoms. The summed E-state index contributed by atoms with van der Waals surface area (Å²) in [6, 6.07) is 4.71. The van der Waals surface area contributed by atoms with Gasteiger partial charge < -0.3 is 0 Å². The molecule has 7 heteroatoms. The van der Waals surface area contributed by atoms with Crippen molar-refractivity contribution in [1.82, 2.24) is 4.98 Å². The van der Waals surface area contributed by atoms with Crippen LogP contribution >= 0.6 is 0 Å². The predicted molar refractivity (Wildman–Crippen MR) is 50.1 cm³/mol. The van der Waals surface area contributed by atoms with E-state index in [1.807, 2.05) is 0 Å². The summed E-state index contributed by atoms with van der Waals surface area (Å²) in [6.07, 6.45) is 1.59. The molecule has 1 unspecified atom stereocenters. The summed E-state index contributed by atoms with van der Waals surface area (Å²) >= 11 is 0. The molecule has 1 atom stereocenters. The van der Waals surface area contributed by atoms with Crippen LogP contribution in [0.2, 0.25) is 0 Å². The number of hydrogen-bond donors (Lipinski definition) is 0. The second-order valence-corrected chi connectivity index (χ2v) is 2.39. The molecule has 0 aliphatic rings. The van der Waals surface area contributed by atoms with Crippen molar-refractivity contribution in [3.05, 3.63) is 51.0 Å². The van der Waals surface area contributed by atoms with Crippen molar-refractivity contribution in [3.8, 4) is 0 Å². The third kappa shape index (κ3) is 2.67. The number of aromatic nitrogens is 1. The van der Waals surface area contributed by atoms with Crippen molar-refractivity contribution < 1.29 is 0 Å². The van der Waals surface area contributed by atoms with Crippen LogP contribution in [0, 0.1) is 0 Å². The second kappa shape index (κ2) is 5.42. The lowest BCUT2D eigenvalue weighted by Crippen LogP contribution is -2.00. The molecule has 1 rings (SSSR count). The molecule has 0 radical (unpaired) electrons. The average molecular weight is 189 g/mol. The summed E-state index contributed by atoms with van der Waals surface area (Å²) in [5, 5.41) is 6.83. The molecule has 70 valence electrons. The number of azide groups is 2. The monoisotopic (exact) mass is 189 g/mol. The van der Waals surface area contributed by atoms with Gasteiger partial charge in [-0.2, -0.15) is 0 Å². The Morgan fingerprint density at radius 3 is 2.79 bits per heavy atom. The molecule has 1 aromatic rings. The molecule has 14 heavy (non-hydrogen) atoms. The Hall–Kier alpha value is -2.23. The lowest BCUT2D eigenvalue weighted by atomic mass is 10.2. The molecule has 1 heterocycles. The number of hydrogen-bond acceptors (Lipinski definition) is 3. The van der Waals surface area contributed by atoms with Crippen molar-refractivity contribution in [1.29, 1.82) is 0 Å². The molecule has 0 fully saturated rings. The van der Waals surface area contributed by atoms with Gasteiger partial charge in [-0.15, -0.1) is 0 Å². The fourth-order valence-electron chi connectivity index (χ4n) is 0.938. The summed E-state index contributed by atoms with van der Waals surface area (Å²) in [4.78, 5) is 9.27. The van der Waals surface area contributed by atoms with Gasteiger partial charge >= 0.3 is 0 Å². The lowest BCUT2D eigenvalue weighted by Gasteiger charge is -2.05. The van der Waals surface area contributed by atoms with Gasteiger partial charge in [0.1, 0.15) is 0 Å². The largest absolute Gasteiger partial charge is 0.261 e. The summed E-state index contributed by atoms with van der Waals surface area (Å²) in [7, 11) is 0. The van der Waals surface area contributed by atoms with Crippen LogP contribution in [0.3, 0.4) is 0 Å². The summed E-state index contributed by atoms with van der Waals surface area (Å²) in [5.74, 6) is 0. The Bertz CT molecular complexity index is 374. The average Bonchev–Trinajstić information content (AvgIpc) is 2.25. The molecule has 0 bridgehead atoms. The van der Waals surface area contributed by atoms with Crippen LogP contribution in [0.4, 0.5) is 0 Å². The molecular formula is C7H7N7. The first-order chi connectivity index (χ1) is 6.88. The highest BCUT2D eigenvalue weighted by atomic mass is 15.2. The summed E-state index contributed by atoms with van der Waals surface area (Å²) in [6.45, 7) is 0.0809. The zero-order valence-corrected chi connectivity index (χ0v) is 7.22. The SMILES string of the molecule is [N-]=[N+]=NCC(N=[N+]=[N-])c1ccccn1. The molecule has 0 amide bonds. The normalized spacial score (nSPS) is 10.9. The minimum absolute atomic E-state index is 0.0809. The zero-order valence-electron chi connectivity index (χ0n) is 7.22. The van der Waals surface area contributed by atoms with E-state index in [0.717, 1.165) is 0 Å². The molecule has 0 aliphatic heterocycles. The second-order valence-electron chi connectivity index (χ2n) is 2.39. The smallest absolute Gasteiger partial charge is 0.0853 e. The van der Waals surface area contributed by atoms with E-state index in [2.05, 4.69) is 25.0 Å². The van der Waals surface area contributed by atoms with E-state index in [-0.39, 0.29) is 6.54 Å². The van der Waals surface area contributed by atoms with Gasteiger partial charge in [0, 0.05) is 28.3 Å². The van der Waals surface area contributed by atoms with Gasteiger partial charge in [0.2, 0.25) is 0 Å². The van der Waals surface area contributed by atoms with Crippen LogP contribution in [0.15, 0.2) is 34.6 Å². The molecule has 0 saturated heterocycles. The number of rotatable bonds is 4. The molecule has 0 aromatic carbocycles. The lowest BCUT2D eigenvalue weighted by molar-refractivity contribution is 0.702. The minimum atomic E-state index is -0.530. The molecular weight excluding hydrogens is 182 g/mol. The number of pyridine rings is 1. The van der Waals surface area contributed by atoms with Crippen molar-refractivity contribution in [3.63, 3.8) is 0 Å². The predicted octanol–water partition coefficient (Wildman–Crippen LogP) is 2.74. The van der Waals surface area contributed by atoms with Gasteiger partial charge in [0.05, 0.1) is 6.04 Å². The number of nitrogens with zero attached hydrogens (tertiary/aromatic N) is 7. The summed E-state index contributed by atoms with van der Waals surface area (Å²) in [5.41, 5.74) is 17.0. The maximum atomic E-state index is 8.29. The molecule has 1 aromatic heterocycles. The standard InChI is InChI=1S/C7H7N7/c8-13-11-5-7(12-14-9)6-3-1-2-4-10-6/h1-4,7H,5H2. The van der Waals surface area contributed by atoms with Gasteiger partial charge in [0.15, 0.2) is 0 Å². The fourth-order valence-corrected chi connectivity index (χ4v) is 0.938. The van der Waals surface area contributed by atoms with Crippen LogP contribution in [-0.2, 0) is 0 Å². The van der Waals surface area contributed by atoms with E-state index in [9.17, 15) is 0 Å². The van der Waals surface area contributed by atoms with E-state index < -0.39 is 6.04 Å². The Morgan fingerprint density at radius 1 is 1.36 bits per heavy atom. The van der Waals surface area contributed by atoms with Crippen molar-refractivity contribution in [2.75, 3.05) is 6.54 Å². The fraction of sp³-hybridized carbons (Fsp3) is 0.286. The molecule has 0 N–H and O–H groups in total. The maximum Gasteiger partial charge on any atom is 0.0853 e. The van der Waals surface area contributed by atoms with Gasteiger partial charge in [-0.3, -0.25) is 4.98 Å². The van der Waals surface area contributed by atoms with E-state index in [0.29, 0.717) is 5.69 Å². The third-order valence-corrected chi connectivity index (χ3v) is 1.54. The Balaban J connectivity index is 2.88. The van der Waals surface area contributed by atoms with Gasteiger partial charge in [-0.1, -0.05) is 16.3 Å². The first kappa shape index (κ1) is 9.85. The van der Waals surface area contributed by atoms with Crippen LogP contribution in [0.5, 0.6) is 0 Å². The summed E-state index contributed by atoms with van der Waals surface area (Å²) < 4.78 is 0. The van der Waals surface area contributed by atoms with Crippen LogP contribution in [-0.4, -0.2) is 11.5 Å². The van der Waals surface area contributed by atoms with E-state index in [4.69, 9.17) is 11.1 Å². The minimum Gasteiger partial charge on any atom is -0.261 e. The van der Waals surface area contributed by atoms with Gasteiger partial charge in [0.25, 0.3) is 0 Å². The van der Waals surface area contributed by atoms with Gasteiger partial charge in [-0.05, 0) is 23.2 Å². The van der Waals surface area contributed by atoms with E-state index in [1.54, 1.807) is 24.4 Å². The van der Waals surface area contributed by atoms with Crippen LogP contribution < -0.4 is 0 Å². The zero-order chi connectivity index (χ0) is 10.2. The third-order valence-electron chi connectivity index (χ3n) is 1.54. The van der Waals surface area contributed by atoms with Crippen LogP contribution in [0.1, 0.15) is 11.7 Å². The maximum absolute atomic E-state index is 8.29. The Morgan fingerprint density at radius 2 is 2.21 bits per heavy atom. The molecule has 0 saturated carbocycles. The topological polar surface area (TPSA) is 110 Å². The van der Waals surface area contributed by atoms with Crippen molar-refractivity contribution in [2.45, 2.75) is 6.04 Å². The van der Waals surface area contributed by atoms with Crippen molar-refractivity contribution in [2.24, 2.45) is 10.2 Å².